The van der Waals surface area contributed by atoms with Gasteiger partial charge in [-0.3, -0.25) is 0 Å². The van der Waals surface area contributed by atoms with Gasteiger partial charge < -0.3 is 15.2 Å². The normalized spacial score (nSPS) is 13.1. The number of ether oxygens (including phenoxy) is 2. The number of hydrogen-bond donors (Lipinski definition) is 1. The molecule has 0 heterocycles. The van der Waals surface area contributed by atoms with Crippen molar-refractivity contribution in [1.29, 1.82) is 0 Å². The molecular formula is C13H20ClNO4S. The summed E-state index contributed by atoms with van der Waals surface area (Å²) in [5, 5.41) is 0.369. The Balaban J connectivity index is 3.17. The first kappa shape index (κ1) is 17.1. The summed E-state index contributed by atoms with van der Waals surface area (Å²) in [6.07, 6.45) is 1.14. The van der Waals surface area contributed by atoms with Gasteiger partial charge in [0.1, 0.15) is 9.84 Å². The van der Waals surface area contributed by atoms with Gasteiger partial charge >= 0.3 is 0 Å². The van der Waals surface area contributed by atoms with Crippen LogP contribution in [0.4, 0.5) is 0 Å². The molecule has 20 heavy (non-hydrogen) atoms. The molecule has 2 N–H and O–H groups in total. The number of rotatable bonds is 7. The second-order valence-electron chi connectivity index (χ2n) is 4.39. The molecule has 1 aromatic carbocycles. The molecule has 0 saturated carbocycles. The van der Waals surface area contributed by atoms with Crippen LogP contribution in [0.25, 0.3) is 0 Å². The lowest BCUT2D eigenvalue weighted by Crippen LogP contribution is -2.21. The monoisotopic (exact) mass is 321 g/mol. The van der Waals surface area contributed by atoms with Crippen LogP contribution in [0.1, 0.15) is 25.5 Å². The maximum absolute atomic E-state index is 11.3. The van der Waals surface area contributed by atoms with Crippen molar-refractivity contribution in [1.82, 2.24) is 0 Å². The van der Waals surface area contributed by atoms with E-state index in [0.717, 1.165) is 6.26 Å². The maximum Gasteiger partial charge on any atom is 0.162 e. The molecule has 114 valence electrons. The van der Waals surface area contributed by atoms with Crippen molar-refractivity contribution in [3.8, 4) is 11.5 Å². The minimum atomic E-state index is -3.19. The molecule has 0 amide bonds. The van der Waals surface area contributed by atoms with Gasteiger partial charge in [0.25, 0.3) is 0 Å². The predicted octanol–water partition coefficient (Wildman–Crippen LogP) is 2.18. The van der Waals surface area contributed by atoms with Gasteiger partial charge in [-0.15, -0.1) is 0 Å². The third-order valence-corrected chi connectivity index (χ3v) is 3.84. The highest BCUT2D eigenvalue weighted by atomic mass is 35.5. The molecule has 0 bridgehead atoms. The van der Waals surface area contributed by atoms with E-state index in [1.54, 1.807) is 12.1 Å². The molecule has 0 aromatic heterocycles. The summed E-state index contributed by atoms with van der Waals surface area (Å²) in [5.41, 5.74) is 6.44. The Kier molecular flexibility index (Phi) is 6.10. The van der Waals surface area contributed by atoms with Crippen LogP contribution in [-0.4, -0.2) is 33.6 Å². The van der Waals surface area contributed by atoms with Gasteiger partial charge in [-0.05, 0) is 25.5 Å². The van der Waals surface area contributed by atoms with Gasteiger partial charge in [-0.25, -0.2) is 8.42 Å². The fraction of sp³-hybridized carbons (Fsp3) is 0.538. The summed E-state index contributed by atoms with van der Waals surface area (Å²) in [6, 6.07) is 2.55. The number of hydrogen-bond acceptors (Lipinski definition) is 5. The molecule has 1 rings (SSSR count). The number of sulfone groups is 1. The van der Waals surface area contributed by atoms with Crippen LogP contribution in [0.5, 0.6) is 11.5 Å². The van der Waals surface area contributed by atoms with E-state index in [1.807, 2.05) is 13.8 Å². The lowest BCUT2D eigenvalue weighted by molar-refractivity contribution is 0.287. The van der Waals surface area contributed by atoms with E-state index in [9.17, 15) is 8.42 Å². The summed E-state index contributed by atoms with van der Waals surface area (Å²) in [5.74, 6) is 0.860. The Morgan fingerprint density at radius 1 is 1.20 bits per heavy atom. The first-order valence-electron chi connectivity index (χ1n) is 6.30. The molecule has 1 aromatic rings. The van der Waals surface area contributed by atoms with Crippen LogP contribution in [0.15, 0.2) is 12.1 Å². The molecule has 0 aliphatic rings. The van der Waals surface area contributed by atoms with E-state index in [1.165, 1.54) is 0 Å². The fourth-order valence-electron chi connectivity index (χ4n) is 1.79. The molecule has 1 unspecified atom stereocenters. The average molecular weight is 322 g/mol. The van der Waals surface area contributed by atoms with Crippen molar-refractivity contribution >= 4 is 21.4 Å². The van der Waals surface area contributed by atoms with Crippen molar-refractivity contribution in [2.75, 3.05) is 25.2 Å². The van der Waals surface area contributed by atoms with Crippen molar-refractivity contribution < 1.29 is 17.9 Å². The third kappa shape index (κ3) is 4.85. The van der Waals surface area contributed by atoms with E-state index in [-0.39, 0.29) is 5.75 Å². The van der Waals surface area contributed by atoms with Crippen LogP contribution in [0, 0.1) is 0 Å². The lowest BCUT2D eigenvalue weighted by atomic mass is 10.1. The highest BCUT2D eigenvalue weighted by molar-refractivity contribution is 7.90. The van der Waals surface area contributed by atoms with Gasteiger partial charge in [-0.1, -0.05) is 11.6 Å². The highest BCUT2D eigenvalue weighted by Crippen LogP contribution is 2.36. The zero-order valence-electron chi connectivity index (χ0n) is 11.8. The van der Waals surface area contributed by atoms with Gasteiger partial charge in [0.2, 0.25) is 0 Å². The number of halogens is 1. The maximum atomic E-state index is 11.3. The molecule has 0 aliphatic heterocycles. The van der Waals surface area contributed by atoms with E-state index in [0.29, 0.717) is 35.3 Å². The summed E-state index contributed by atoms with van der Waals surface area (Å²) < 4.78 is 33.6. The molecule has 0 aliphatic carbocycles. The molecule has 0 spiro atoms. The van der Waals surface area contributed by atoms with Crippen molar-refractivity contribution in [2.45, 2.75) is 19.9 Å². The van der Waals surface area contributed by atoms with Crippen LogP contribution >= 0.6 is 11.6 Å². The minimum absolute atomic E-state index is 0.174. The van der Waals surface area contributed by atoms with Crippen LogP contribution in [0.2, 0.25) is 5.02 Å². The van der Waals surface area contributed by atoms with E-state index in [4.69, 9.17) is 26.8 Å². The molecular weight excluding hydrogens is 302 g/mol. The van der Waals surface area contributed by atoms with Crippen LogP contribution in [-0.2, 0) is 9.84 Å². The van der Waals surface area contributed by atoms with E-state index in [2.05, 4.69) is 0 Å². The van der Waals surface area contributed by atoms with Crippen molar-refractivity contribution in [3.63, 3.8) is 0 Å². The SMILES string of the molecule is CCOc1cc(Cl)c(C(N)CS(C)(=O)=O)cc1OCC. The van der Waals surface area contributed by atoms with Gasteiger partial charge in [-0.2, -0.15) is 0 Å². The van der Waals surface area contributed by atoms with Crippen LogP contribution < -0.4 is 15.2 Å². The van der Waals surface area contributed by atoms with Gasteiger partial charge in [0, 0.05) is 23.4 Å². The standard InChI is InChI=1S/C13H20ClNO4S/c1-4-18-12-6-9(11(15)8-20(3,16)17)10(14)7-13(12)19-5-2/h6-7,11H,4-5,8,15H2,1-3H3. The molecule has 7 heteroatoms. The predicted molar refractivity (Wildman–Crippen MR) is 80.4 cm³/mol. The van der Waals surface area contributed by atoms with Crippen LogP contribution in [0.3, 0.4) is 0 Å². The Morgan fingerprint density at radius 2 is 1.70 bits per heavy atom. The average Bonchev–Trinajstić information content (AvgIpc) is 2.30. The molecule has 5 nitrogen and oxygen atoms in total. The Bertz CT molecular complexity index is 560. The summed E-state index contributed by atoms with van der Waals surface area (Å²) in [6.45, 7) is 4.64. The Labute approximate surface area is 124 Å². The smallest absolute Gasteiger partial charge is 0.162 e. The molecule has 0 saturated heterocycles. The first-order valence-corrected chi connectivity index (χ1v) is 8.74. The highest BCUT2D eigenvalue weighted by Gasteiger charge is 2.19. The first-order chi connectivity index (χ1) is 9.28. The Hall–Kier alpha value is -0.980. The second kappa shape index (κ2) is 7.15. The zero-order valence-corrected chi connectivity index (χ0v) is 13.4. The van der Waals surface area contributed by atoms with Crippen molar-refractivity contribution in [3.05, 3.63) is 22.7 Å². The summed E-state index contributed by atoms with van der Waals surface area (Å²) in [7, 11) is -3.19. The minimum Gasteiger partial charge on any atom is -0.490 e. The van der Waals surface area contributed by atoms with E-state index >= 15 is 0 Å². The summed E-state index contributed by atoms with van der Waals surface area (Å²) in [4.78, 5) is 0. The number of nitrogens with two attached hydrogens (primary N) is 1. The fourth-order valence-corrected chi connectivity index (χ4v) is 2.91. The number of benzene rings is 1. The largest absolute Gasteiger partial charge is 0.490 e. The van der Waals surface area contributed by atoms with Gasteiger partial charge in [0.05, 0.1) is 19.0 Å². The molecule has 0 fully saturated rings. The third-order valence-electron chi connectivity index (χ3n) is 2.54. The lowest BCUT2D eigenvalue weighted by Gasteiger charge is -2.17. The summed E-state index contributed by atoms with van der Waals surface area (Å²) >= 11 is 6.15. The second-order valence-corrected chi connectivity index (χ2v) is 6.98. The van der Waals surface area contributed by atoms with E-state index < -0.39 is 15.9 Å². The quantitative estimate of drug-likeness (QED) is 0.832. The molecule has 0 radical (unpaired) electrons. The zero-order chi connectivity index (χ0) is 15.3. The Morgan fingerprint density at radius 3 is 2.15 bits per heavy atom. The van der Waals surface area contributed by atoms with Gasteiger partial charge in [0.15, 0.2) is 11.5 Å². The van der Waals surface area contributed by atoms with Crippen molar-refractivity contribution in [2.24, 2.45) is 5.73 Å². The molecule has 1 atom stereocenters. The topological polar surface area (TPSA) is 78.6 Å².